The van der Waals surface area contributed by atoms with Crippen molar-refractivity contribution in [2.45, 2.75) is 39.7 Å². The molecule has 0 aromatic heterocycles. The number of rotatable bonds is 2. The molecule has 0 bridgehead atoms. The summed E-state index contributed by atoms with van der Waals surface area (Å²) in [7, 11) is 0. The van der Waals surface area contributed by atoms with Gasteiger partial charge in [0, 0.05) is 23.1 Å². The highest BCUT2D eigenvalue weighted by atomic mass is 16.2. The molecule has 22 heavy (non-hydrogen) atoms. The van der Waals surface area contributed by atoms with Gasteiger partial charge in [-0.3, -0.25) is 19.3 Å². The maximum Gasteiger partial charge on any atom is 0.254 e. The third kappa shape index (κ3) is 2.19. The zero-order valence-corrected chi connectivity index (χ0v) is 13.1. The summed E-state index contributed by atoms with van der Waals surface area (Å²) in [6, 6.07) is 5.34. The molecule has 0 N–H and O–H groups in total. The number of imide groups is 1. The van der Waals surface area contributed by atoms with Gasteiger partial charge in [0.25, 0.3) is 11.8 Å². The molecule has 4 nitrogen and oxygen atoms in total. The summed E-state index contributed by atoms with van der Waals surface area (Å²) in [6.07, 6.45) is 4.06. The number of aryl methyl sites for hydroxylation is 1. The van der Waals surface area contributed by atoms with E-state index in [2.05, 4.69) is 0 Å². The van der Waals surface area contributed by atoms with Crippen LogP contribution >= 0.6 is 0 Å². The van der Waals surface area contributed by atoms with Gasteiger partial charge < -0.3 is 0 Å². The van der Waals surface area contributed by atoms with Crippen molar-refractivity contribution >= 4 is 17.6 Å². The highest BCUT2D eigenvalue weighted by Crippen LogP contribution is 2.40. The summed E-state index contributed by atoms with van der Waals surface area (Å²) in [5.74, 6) is -0.537. The molecule has 1 aromatic carbocycles. The Bertz CT molecular complexity index is 692. The van der Waals surface area contributed by atoms with Crippen molar-refractivity contribution in [1.82, 2.24) is 4.90 Å². The number of hydrogen-bond acceptors (Lipinski definition) is 3. The maximum atomic E-state index is 12.7. The second kappa shape index (κ2) is 4.90. The van der Waals surface area contributed by atoms with E-state index in [1.807, 2.05) is 39.0 Å². The molecule has 0 radical (unpaired) electrons. The molecule has 4 heteroatoms. The minimum atomic E-state index is -0.500. The first-order chi connectivity index (χ1) is 10.3. The molecule has 3 rings (SSSR count). The fourth-order valence-electron chi connectivity index (χ4n) is 3.24. The zero-order valence-electron chi connectivity index (χ0n) is 13.1. The quantitative estimate of drug-likeness (QED) is 0.623. The van der Waals surface area contributed by atoms with E-state index in [9.17, 15) is 14.4 Å². The van der Waals surface area contributed by atoms with Crippen LogP contribution in [0.25, 0.3) is 0 Å². The fraction of sp³-hybridized carbons (Fsp3) is 0.389. The minimum Gasteiger partial charge on any atom is -0.294 e. The fourth-order valence-corrected chi connectivity index (χ4v) is 3.24. The van der Waals surface area contributed by atoms with Crippen molar-refractivity contribution in [2.75, 3.05) is 0 Å². The Morgan fingerprint density at radius 2 is 1.77 bits per heavy atom. The van der Waals surface area contributed by atoms with Gasteiger partial charge in [-0.2, -0.15) is 0 Å². The van der Waals surface area contributed by atoms with E-state index in [0.29, 0.717) is 12.0 Å². The van der Waals surface area contributed by atoms with Gasteiger partial charge in [0.15, 0.2) is 5.78 Å². The summed E-state index contributed by atoms with van der Waals surface area (Å²) in [5.41, 5.74) is 2.06. The van der Waals surface area contributed by atoms with Gasteiger partial charge in [-0.05, 0) is 24.0 Å². The lowest BCUT2D eigenvalue weighted by Gasteiger charge is -2.26. The Morgan fingerprint density at radius 1 is 1.14 bits per heavy atom. The van der Waals surface area contributed by atoms with E-state index in [-0.39, 0.29) is 23.6 Å². The lowest BCUT2D eigenvalue weighted by Crippen LogP contribution is -2.34. The molecule has 1 atom stereocenters. The summed E-state index contributed by atoms with van der Waals surface area (Å²) in [5, 5.41) is 0. The summed E-state index contributed by atoms with van der Waals surface area (Å²) < 4.78 is 0. The molecule has 1 aliphatic carbocycles. The Hall–Kier alpha value is -2.23. The maximum absolute atomic E-state index is 12.7. The van der Waals surface area contributed by atoms with E-state index in [1.165, 1.54) is 17.1 Å². The van der Waals surface area contributed by atoms with Crippen LogP contribution in [0.5, 0.6) is 0 Å². The first-order valence-electron chi connectivity index (χ1n) is 7.52. The van der Waals surface area contributed by atoms with Gasteiger partial charge in [-0.25, -0.2) is 0 Å². The highest BCUT2D eigenvalue weighted by molar-refractivity contribution is 6.13. The van der Waals surface area contributed by atoms with Crippen molar-refractivity contribution in [3.8, 4) is 0 Å². The molecule has 1 aliphatic heterocycles. The normalized spacial score (nSPS) is 20.7. The van der Waals surface area contributed by atoms with Crippen LogP contribution in [-0.4, -0.2) is 22.5 Å². The number of fused-ring (bicyclic) bond motifs is 1. The molecule has 1 heterocycles. The second-order valence-electron chi connectivity index (χ2n) is 6.89. The van der Waals surface area contributed by atoms with Gasteiger partial charge in [0.05, 0.1) is 6.04 Å². The molecule has 1 aromatic rings. The van der Waals surface area contributed by atoms with Gasteiger partial charge in [0.2, 0.25) is 0 Å². The Balaban J connectivity index is 2.08. The second-order valence-corrected chi connectivity index (χ2v) is 6.89. The number of Topliss-reactive ketones (excluding diaryl/α,β-unsaturated/α-hetero) is 1. The molecule has 0 spiro atoms. The highest BCUT2D eigenvalue weighted by Gasteiger charge is 2.39. The van der Waals surface area contributed by atoms with Gasteiger partial charge in [0.1, 0.15) is 0 Å². The Morgan fingerprint density at radius 3 is 2.36 bits per heavy atom. The molecule has 0 fully saturated rings. The van der Waals surface area contributed by atoms with Crippen LogP contribution in [0.4, 0.5) is 0 Å². The largest absolute Gasteiger partial charge is 0.294 e. The van der Waals surface area contributed by atoms with Crippen molar-refractivity contribution in [2.24, 2.45) is 5.41 Å². The van der Waals surface area contributed by atoms with Gasteiger partial charge >= 0.3 is 0 Å². The van der Waals surface area contributed by atoms with E-state index in [0.717, 1.165) is 17.5 Å². The monoisotopic (exact) mass is 297 g/mol. The zero-order chi connectivity index (χ0) is 16.1. The van der Waals surface area contributed by atoms with Crippen molar-refractivity contribution < 1.29 is 14.4 Å². The van der Waals surface area contributed by atoms with E-state index >= 15 is 0 Å². The molecule has 0 saturated heterocycles. The van der Waals surface area contributed by atoms with Crippen molar-refractivity contribution in [3.05, 3.63) is 47.0 Å². The molecular weight excluding hydrogens is 278 g/mol. The predicted octanol–water partition coefficient (Wildman–Crippen LogP) is 2.83. The van der Waals surface area contributed by atoms with E-state index < -0.39 is 5.41 Å². The minimum absolute atomic E-state index is 0.0447. The molecular formula is C18H19NO3. The molecule has 2 aliphatic rings. The van der Waals surface area contributed by atoms with Crippen LogP contribution in [0.1, 0.15) is 54.7 Å². The SMILES string of the molecule is CC(C)(C)C(=O)c1cccc2c1[C@@H](N1C(=O)C=CC1=O)CC2. The molecule has 0 saturated carbocycles. The van der Waals surface area contributed by atoms with Crippen LogP contribution in [0.15, 0.2) is 30.4 Å². The van der Waals surface area contributed by atoms with Gasteiger partial charge in [-0.1, -0.05) is 39.0 Å². The number of hydrogen-bond donors (Lipinski definition) is 0. The number of carbonyl (C=O) groups is 3. The number of ketones is 1. The lowest BCUT2D eigenvalue weighted by atomic mass is 9.83. The first-order valence-corrected chi connectivity index (χ1v) is 7.52. The average molecular weight is 297 g/mol. The molecule has 0 unspecified atom stereocenters. The van der Waals surface area contributed by atoms with E-state index in [4.69, 9.17) is 0 Å². The van der Waals surface area contributed by atoms with Crippen LogP contribution in [0.3, 0.4) is 0 Å². The van der Waals surface area contributed by atoms with Crippen LogP contribution in [-0.2, 0) is 16.0 Å². The van der Waals surface area contributed by atoms with Crippen molar-refractivity contribution in [3.63, 3.8) is 0 Å². The summed E-state index contributed by atoms with van der Waals surface area (Å²) >= 11 is 0. The number of amides is 2. The van der Waals surface area contributed by atoms with Crippen LogP contribution in [0, 0.1) is 5.41 Å². The van der Waals surface area contributed by atoms with Crippen molar-refractivity contribution in [1.29, 1.82) is 0 Å². The molecule has 2 amide bonds. The molecule has 114 valence electrons. The third-order valence-electron chi connectivity index (χ3n) is 4.30. The first kappa shape index (κ1) is 14.7. The average Bonchev–Trinajstić information content (AvgIpc) is 3.00. The van der Waals surface area contributed by atoms with E-state index in [1.54, 1.807) is 0 Å². The lowest BCUT2D eigenvalue weighted by molar-refractivity contribution is -0.139. The van der Waals surface area contributed by atoms with Crippen LogP contribution in [0.2, 0.25) is 0 Å². The summed E-state index contributed by atoms with van der Waals surface area (Å²) in [4.78, 5) is 38.0. The topological polar surface area (TPSA) is 54.5 Å². The number of benzene rings is 1. The Labute approximate surface area is 129 Å². The third-order valence-corrected chi connectivity index (χ3v) is 4.30. The smallest absolute Gasteiger partial charge is 0.254 e. The van der Waals surface area contributed by atoms with Crippen LogP contribution < -0.4 is 0 Å². The standard InChI is InChI=1S/C18H19NO3/c1-18(2,3)17(22)12-6-4-5-11-7-8-13(16(11)12)19-14(20)9-10-15(19)21/h4-6,9-10,13H,7-8H2,1-3H3/t13-/m0/s1. The number of nitrogens with zero attached hydrogens (tertiary/aromatic N) is 1. The Kier molecular flexibility index (Phi) is 3.28. The summed E-state index contributed by atoms with van der Waals surface area (Å²) in [6.45, 7) is 5.64. The number of carbonyl (C=O) groups excluding carboxylic acids is 3. The van der Waals surface area contributed by atoms with Gasteiger partial charge in [-0.15, -0.1) is 0 Å². The predicted molar refractivity (Wildman–Crippen MR) is 82.3 cm³/mol.